The number of hydrogen-bond acceptors (Lipinski definition) is 4. The average molecular weight is 280 g/mol. The lowest BCUT2D eigenvalue weighted by molar-refractivity contribution is -0.195. The van der Waals surface area contributed by atoms with Crippen LogP contribution in [0.15, 0.2) is 29.2 Å². The Bertz CT molecular complexity index is 420. The molecule has 1 rings (SSSR count). The van der Waals surface area contributed by atoms with Crippen molar-refractivity contribution in [2.24, 2.45) is 0 Å². The Labute approximate surface area is 106 Å². The number of alkyl halides is 3. The van der Waals surface area contributed by atoms with E-state index in [1.807, 2.05) is 0 Å². The summed E-state index contributed by atoms with van der Waals surface area (Å²) in [5.74, 6) is -1.20. The number of esters is 1. The molecule has 0 fully saturated rings. The van der Waals surface area contributed by atoms with Crippen molar-refractivity contribution in [2.45, 2.75) is 17.2 Å². The number of hydrogen-bond donors (Lipinski definition) is 1. The highest BCUT2D eigenvalue weighted by Gasteiger charge is 2.38. The smallest absolute Gasteiger partial charge is 0.415 e. The molecule has 0 unspecified atom stereocenters. The van der Waals surface area contributed by atoms with E-state index in [0.29, 0.717) is 4.90 Å². The molecule has 3 nitrogen and oxygen atoms in total. The van der Waals surface area contributed by atoms with E-state index >= 15 is 0 Å². The largest absolute Gasteiger partial charge is 0.465 e. The minimum Gasteiger partial charge on any atom is -0.465 e. The summed E-state index contributed by atoms with van der Waals surface area (Å²) in [6.45, 7) is 0. The number of ether oxygens (including phenoxy) is 1. The molecule has 100 valence electrons. The van der Waals surface area contributed by atoms with E-state index in [2.05, 4.69) is 4.74 Å². The number of aliphatic hydroxyl groups is 1. The molecule has 0 spiro atoms. The van der Waals surface area contributed by atoms with Crippen LogP contribution in [0.4, 0.5) is 13.2 Å². The second kappa shape index (κ2) is 6.10. The van der Waals surface area contributed by atoms with Gasteiger partial charge in [-0.05, 0) is 12.1 Å². The third-order valence-electron chi connectivity index (χ3n) is 2.07. The van der Waals surface area contributed by atoms with Crippen molar-refractivity contribution in [3.8, 4) is 0 Å². The van der Waals surface area contributed by atoms with Gasteiger partial charge in [-0.3, -0.25) is 0 Å². The minimum absolute atomic E-state index is 0.180. The number of benzene rings is 1. The summed E-state index contributed by atoms with van der Waals surface area (Å²) < 4.78 is 40.9. The molecule has 0 aliphatic rings. The second-order valence-corrected chi connectivity index (χ2v) is 4.42. The molecule has 7 heteroatoms. The Morgan fingerprint density at radius 2 is 2.06 bits per heavy atom. The Morgan fingerprint density at radius 1 is 1.44 bits per heavy atom. The number of aliphatic hydroxyl groups excluding tert-OH is 1. The maximum absolute atomic E-state index is 12.1. The molecule has 0 saturated carbocycles. The van der Waals surface area contributed by atoms with E-state index in [9.17, 15) is 18.0 Å². The highest BCUT2D eigenvalue weighted by Crippen LogP contribution is 2.28. The highest BCUT2D eigenvalue weighted by molar-refractivity contribution is 7.99. The molecular weight excluding hydrogens is 269 g/mol. The molecular formula is C11H11F3O3S. The molecule has 1 atom stereocenters. The summed E-state index contributed by atoms with van der Waals surface area (Å²) in [5, 5.41) is 8.87. The monoisotopic (exact) mass is 280 g/mol. The van der Waals surface area contributed by atoms with Crippen molar-refractivity contribution in [2.75, 3.05) is 12.9 Å². The van der Waals surface area contributed by atoms with Gasteiger partial charge in [-0.25, -0.2) is 4.79 Å². The van der Waals surface area contributed by atoms with E-state index in [1.54, 1.807) is 12.1 Å². The second-order valence-electron chi connectivity index (χ2n) is 3.36. The Balaban J connectivity index is 2.76. The molecule has 0 heterocycles. The molecule has 0 saturated heterocycles. The first-order chi connectivity index (χ1) is 8.36. The van der Waals surface area contributed by atoms with Crippen LogP contribution in [0.25, 0.3) is 0 Å². The Kier molecular flexibility index (Phi) is 5.03. The average Bonchev–Trinajstić information content (AvgIpc) is 2.34. The summed E-state index contributed by atoms with van der Waals surface area (Å²) in [6, 6.07) is 6.12. The van der Waals surface area contributed by atoms with Crippen LogP contribution in [0.3, 0.4) is 0 Å². The lowest BCUT2D eigenvalue weighted by atomic mass is 10.2. The molecule has 0 aliphatic heterocycles. The summed E-state index contributed by atoms with van der Waals surface area (Å²) in [7, 11) is 1.19. The standard InChI is InChI=1S/C11H11F3O3S/c1-17-10(16)7-4-2-3-5-8(7)18-6-9(15)11(12,13)14/h2-5,9,15H,6H2,1H3/t9-/m1/s1. The van der Waals surface area contributed by atoms with Crippen molar-refractivity contribution >= 4 is 17.7 Å². The normalized spacial score (nSPS) is 13.2. The third kappa shape index (κ3) is 3.92. The molecule has 0 bridgehead atoms. The number of methoxy groups -OCH3 is 1. The van der Waals surface area contributed by atoms with E-state index in [0.717, 1.165) is 11.8 Å². The van der Waals surface area contributed by atoms with Gasteiger partial charge in [0.05, 0.1) is 12.7 Å². The molecule has 1 aromatic carbocycles. The zero-order valence-electron chi connectivity index (χ0n) is 9.40. The number of carbonyl (C=O) groups excluding carboxylic acids is 1. The predicted octanol–water partition coefficient (Wildman–Crippen LogP) is 2.49. The molecule has 18 heavy (non-hydrogen) atoms. The fourth-order valence-electron chi connectivity index (χ4n) is 1.13. The van der Waals surface area contributed by atoms with Gasteiger partial charge in [0.25, 0.3) is 0 Å². The first kappa shape index (κ1) is 14.8. The number of rotatable bonds is 4. The van der Waals surface area contributed by atoms with Gasteiger partial charge in [0.1, 0.15) is 0 Å². The van der Waals surface area contributed by atoms with Gasteiger partial charge in [-0.15, -0.1) is 11.8 Å². The van der Waals surface area contributed by atoms with E-state index in [1.165, 1.54) is 19.2 Å². The number of halogens is 3. The Morgan fingerprint density at radius 3 is 2.61 bits per heavy atom. The zero-order valence-corrected chi connectivity index (χ0v) is 10.2. The van der Waals surface area contributed by atoms with Crippen LogP contribution in [0.2, 0.25) is 0 Å². The van der Waals surface area contributed by atoms with E-state index < -0.39 is 24.0 Å². The topological polar surface area (TPSA) is 46.5 Å². The van der Waals surface area contributed by atoms with Gasteiger partial charge >= 0.3 is 12.1 Å². The van der Waals surface area contributed by atoms with Gasteiger partial charge in [0.2, 0.25) is 0 Å². The van der Waals surface area contributed by atoms with Gasteiger partial charge in [0.15, 0.2) is 6.10 Å². The number of thioether (sulfide) groups is 1. The lowest BCUT2D eigenvalue weighted by Gasteiger charge is -2.14. The van der Waals surface area contributed by atoms with Crippen molar-refractivity contribution < 1.29 is 27.8 Å². The van der Waals surface area contributed by atoms with Crippen LogP contribution in [0, 0.1) is 0 Å². The summed E-state index contributed by atoms with van der Waals surface area (Å²) in [5.41, 5.74) is 0.180. The van der Waals surface area contributed by atoms with E-state index in [4.69, 9.17) is 5.11 Å². The maximum atomic E-state index is 12.1. The predicted molar refractivity (Wildman–Crippen MR) is 60.6 cm³/mol. The van der Waals surface area contributed by atoms with E-state index in [-0.39, 0.29) is 5.56 Å². The van der Waals surface area contributed by atoms with Crippen LogP contribution in [-0.4, -0.2) is 36.2 Å². The maximum Gasteiger partial charge on any atom is 0.415 e. The molecule has 0 aliphatic carbocycles. The fourth-order valence-corrected chi connectivity index (χ4v) is 2.14. The van der Waals surface area contributed by atoms with Crippen LogP contribution in [0.5, 0.6) is 0 Å². The van der Waals surface area contributed by atoms with Crippen LogP contribution < -0.4 is 0 Å². The van der Waals surface area contributed by atoms with Gasteiger partial charge in [-0.2, -0.15) is 13.2 Å². The first-order valence-corrected chi connectivity index (χ1v) is 5.89. The lowest BCUT2D eigenvalue weighted by Crippen LogP contribution is -2.30. The number of carbonyl (C=O) groups is 1. The summed E-state index contributed by atoms with van der Waals surface area (Å²) in [6.07, 6.45) is -7.08. The van der Waals surface area contributed by atoms with Gasteiger partial charge in [-0.1, -0.05) is 12.1 Å². The van der Waals surface area contributed by atoms with Crippen molar-refractivity contribution in [3.05, 3.63) is 29.8 Å². The molecule has 0 aromatic heterocycles. The summed E-state index contributed by atoms with van der Waals surface area (Å²) in [4.78, 5) is 11.7. The van der Waals surface area contributed by atoms with Gasteiger partial charge < -0.3 is 9.84 Å². The molecule has 0 amide bonds. The van der Waals surface area contributed by atoms with Crippen molar-refractivity contribution in [1.82, 2.24) is 0 Å². The van der Waals surface area contributed by atoms with Crippen molar-refractivity contribution in [3.63, 3.8) is 0 Å². The zero-order chi connectivity index (χ0) is 13.8. The van der Waals surface area contributed by atoms with Crippen LogP contribution in [-0.2, 0) is 4.74 Å². The SMILES string of the molecule is COC(=O)c1ccccc1SC[C@@H](O)C(F)(F)F. The summed E-state index contributed by atoms with van der Waals surface area (Å²) >= 11 is 0.755. The molecule has 0 radical (unpaired) electrons. The van der Waals surface area contributed by atoms with Crippen LogP contribution in [0.1, 0.15) is 10.4 Å². The van der Waals surface area contributed by atoms with Crippen molar-refractivity contribution in [1.29, 1.82) is 0 Å². The van der Waals surface area contributed by atoms with Gasteiger partial charge in [0, 0.05) is 10.6 Å². The van der Waals surface area contributed by atoms with Crippen LogP contribution >= 0.6 is 11.8 Å². The third-order valence-corrected chi connectivity index (χ3v) is 3.22. The molecule has 1 N–H and O–H groups in total. The first-order valence-electron chi connectivity index (χ1n) is 4.91. The highest BCUT2D eigenvalue weighted by atomic mass is 32.2. The Hall–Kier alpha value is -1.21. The quantitative estimate of drug-likeness (QED) is 0.680. The fraction of sp³-hybridized carbons (Fsp3) is 0.364. The minimum atomic E-state index is -4.66. The molecule has 1 aromatic rings.